The number of hydrogen-bond acceptors (Lipinski definition) is 2. The maximum absolute atomic E-state index is 13.2. The number of rotatable bonds is 5. The van der Waals surface area contributed by atoms with Crippen LogP contribution in [0.1, 0.15) is 24.5 Å². The van der Waals surface area contributed by atoms with Crippen molar-refractivity contribution in [3.05, 3.63) is 53.6 Å². The van der Waals surface area contributed by atoms with Gasteiger partial charge in [-0.05, 0) is 41.8 Å². The van der Waals surface area contributed by atoms with E-state index in [1.54, 1.807) is 36.4 Å². The molecule has 0 aliphatic rings. The third kappa shape index (κ3) is 3.14. The van der Waals surface area contributed by atoms with Crippen LogP contribution in [-0.2, 0) is 6.61 Å². The first-order valence-electron chi connectivity index (χ1n) is 6.40. The number of alkyl halides is 2. The fourth-order valence-electron chi connectivity index (χ4n) is 2.07. The molecular weight excluding hydrogens is 262 g/mol. The van der Waals surface area contributed by atoms with E-state index >= 15 is 0 Å². The first-order chi connectivity index (χ1) is 9.65. The largest absolute Gasteiger partial charge is 0.494 e. The van der Waals surface area contributed by atoms with E-state index in [9.17, 15) is 8.78 Å². The van der Waals surface area contributed by atoms with Gasteiger partial charge in [-0.25, -0.2) is 8.78 Å². The van der Waals surface area contributed by atoms with Crippen molar-refractivity contribution < 1.29 is 18.6 Å². The zero-order valence-electron chi connectivity index (χ0n) is 11.1. The molecule has 0 amide bonds. The lowest BCUT2D eigenvalue weighted by Gasteiger charge is -2.12. The molecule has 0 saturated heterocycles. The highest BCUT2D eigenvalue weighted by Gasteiger charge is 2.15. The molecule has 20 heavy (non-hydrogen) atoms. The zero-order valence-corrected chi connectivity index (χ0v) is 11.1. The smallest absolute Gasteiger partial charge is 0.264 e. The quantitative estimate of drug-likeness (QED) is 0.889. The SMILES string of the molecule is CCOc1cccc(-c2ccc(CO)cc2C(F)F)c1. The molecule has 0 heterocycles. The average molecular weight is 278 g/mol. The Hall–Kier alpha value is -1.94. The normalized spacial score (nSPS) is 10.8. The van der Waals surface area contributed by atoms with E-state index in [0.717, 1.165) is 0 Å². The first-order valence-corrected chi connectivity index (χ1v) is 6.40. The van der Waals surface area contributed by atoms with Gasteiger partial charge in [-0.2, -0.15) is 0 Å². The topological polar surface area (TPSA) is 29.5 Å². The van der Waals surface area contributed by atoms with Crippen LogP contribution in [0.5, 0.6) is 5.75 Å². The summed E-state index contributed by atoms with van der Waals surface area (Å²) in [6, 6.07) is 11.7. The minimum atomic E-state index is -2.59. The monoisotopic (exact) mass is 278 g/mol. The van der Waals surface area contributed by atoms with Gasteiger partial charge in [-0.15, -0.1) is 0 Å². The second-order valence-corrected chi connectivity index (χ2v) is 4.34. The van der Waals surface area contributed by atoms with Crippen LogP contribution in [-0.4, -0.2) is 11.7 Å². The summed E-state index contributed by atoms with van der Waals surface area (Å²) < 4.78 is 31.7. The molecule has 0 unspecified atom stereocenters. The van der Waals surface area contributed by atoms with Gasteiger partial charge in [-0.1, -0.05) is 24.3 Å². The van der Waals surface area contributed by atoms with E-state index in [4.69, 9.17) is 9.84 Å². The Balaban J connectivity index is 2.48. The molecule has 0 atom stereocenters. The summed E-state index contributed by atoms with van der Waals surface area (Å²) in [7, 11) is 0. The fourth-order valence-corrected chi connectivity index (χ4v) is 2.07. The van der Waals surface area contributed by atoms with Gasteiger partial charge < -0.3 is 9.84 Å². The molecule has 1 N–H and O–H groups in total. The van der Waals surface area contributed by atoms with Crippen molar-refractivity contribution in [2.45, 2.75) is 20.0 Å². The predicted octanol–water partition coefficient (Wildman–Crippen LogP) is 4.18. The number of hydrogen-bond donors (Lipinski definition) is 1. The van der Waals surface area contributed by atoms with Gasteiger partial charge in [0.1, 0.15) is 5.75 Å². The Morgan fingerprint density at radius 3 is 2.60 bits per heavy atom. The summed E-state index contributed by atoms with van der Waals surface area (Å²) >= 11 is 0. The molecule has 2 aromatic rings. The average Bonchev–Trinajstić information content (AvgIpc) is 2.47. The molecule has 0 saturated carbocycles. The molecule has 0 aliphatic heterocycles. The van der Waals surface area contributed by atoms with E-state index in [1.807, 2.05) is 6.92 Å². The molecule has 2 aromatic carbocycles. The minimum absolute atomic E-state index is 0.0785. The molecule has 4 heteroatoms. The van der Waals surface area contributed by atoms with E-state index in [2.05, 4.69) is 0 Å². The summed E-state index contributed by atoms with van der Waals surface area (Å²) in [6.45, 7) is 2.14. The number of aliphatic hydroxyl groups is 1. The van der Waals surface area contributed by atoms with Crippen LogP contribution in [0.2, 0.25) is 0 Å². The molecular formula is C16H16F2O2. The van der Waals surface area contributed by atoms with Crippen molar-refractivity contribution in [2.24, 2.45) is 0 Å². The fraction of sp³-hybridized carbons (Fsp3) is 0.250. The van der Waals surface area contributed by atoms with Gasteiger partial charge in [0.15, 0.2) is 0 Å². The van der Waals surface area contributed by atoms with Crippen LogP contribution < -0.4 is 4.74 Å². The Bertz CT molecular complexity index is 582. The molecule has 106 valence electrons. The van der Waals surface area contributed by atoms with Crippen molar-refractivity contribution in [3.8, 4) is 16.9 Å². The van der Waals surface area contributed by atoms with Crippen LogP contribution in [0.3, 0.4) is 0 Å². The summed E-state index contributed by atoms with van der Waals surface area (Å²) in [5, 5.41) is 9.05. The summed E-state index contributed by atoms with van der Waals surface area (Å²) in [5.74, 6) is 0.649. The second kappa shape index (κ2) is 6.48. The summed E-state index contributed by atoms with van der Waals surface area (Å²) in [6.07, 6.45) is -2.59. The standard InChI is InChI=1S/C16H16F2O2/c1-2-20-13-5-3-4-12(9-13)14-7-6-11(10-19)8-15(14)16(17)18/h3-9,16,19H,2,10H2,1H3. The highest BCUT2D eigenvalue weighted by molar-refractivity contribution is 5.69. The van der Waals surface area contributed by atoms with Gasteiger partial charge in [0.25, 0.3) is 6.43 Å². The Labute approximate surface area is 116 Å². The number of halogens is 2. The van der Waals surface area contributed by atoms with Gasteiger partial charge in [0.05, 0.1) is 13.2 Å². The minimum Gasteiger partial charge on any atom is -0.494 e. The lowest BCUT2D eigenvalue weighted by atomic mass is 9.97. The van der Waals surface area contributed by atoms with E-state index in [-0.39, 0.29) is 12.2 Å². The van der Waals surface area contributed by atoms with Gasteiger partial charge >= 0.3 is 0 Å². The van der Waals surface area contributed by atoms with Gasteiger partial charge in [-0.3, -0.25) is 0 Å². The van der Waals surface area contributed by atoms with Crippen LogP contribution >= 0.6 is 0 Å². The van der Waals surface area contributed by atoms with E-state index in [0.29, 0.717) is 29.0 Å². The third-order valence-electron chi connectivity index (χ3n) is 2.99. The number of aliphatic hydroxyl groups excluding tert-OH is 1. The van der Waals surface area contributed by atoms with Gasteiger partial charge in [0, 0.05) is 5.56 Å². The molecule has 0 spiro atoms. The number of ether oxygens (including phenoxy) is 1. The maximum atomic E-state index is 13.2. The zero-order chi connectivity index (χ0) is 14.5. The van der Waals surface area contributed by atoms with Crippen molar-refractivity contribution >= 4 is 0 Å². The van der Waals surface area contributed by atoms with Crippen LogP contribution in [0, 0.1) is 0 Å². The first kappa shape index (κ1) is 14.5. The van der Waals surface area contributed by atoms with Crippen LogP contribution in [0.4, 0.5) is 8.78 Å². The molecule has 0 aliphatic carbocycles. The summed E-state index contributed by atoms with van der Waals surface area (Å²) in [5.41, 5.74) is 1.53. The molecule has 2 rings (SSSR count). The van der Waals surface area contributed by atoms with Crippen LogP contribution in [0.15, 0.2) is 42.5 Å². The highest BCUT2D eigenvalue weighted by atomic mass is 19.3. The molecule has 0 bridgehead atoms. The lowest BCUT2D eigenvalue weighted by Crippen LogP contribution is -1.95. The maximum Gasteiger partial charge on any atom is 0.264 e. The number of benzene rings is 2. The molecule has 0 radical (unpaired) electrons. The van der Waals surface area contributed by atoms with Crippen molar-refractivity contribution in [1.82, 2.24) is 0 Å². The molecule has 0 fully saturated rings. The lowest BCUT2D eigenvalue weighted by molar-refractivity contribution is 0.151. The Morgan fingerprint density at radius 2 is 1.95 bits per heavy atom. The molecule has 2 nitrogen and oxygen atoms in total. The predicted molar refractivity (Wildman–Crippen MR) is 73.9 cm³/mol. The second-order valence-electron chi connectivity index (χ2n) is 4.34. The third-order valence-corrected chi connectivity index (χ3v) is 2.99. The van der Waals surface area contributed by atoms with E-state index in [1.165, 1.54) is 6.07 Å². The van der Waals surface area contributed by atoms with Crippen molar-refractivity contribution in [2.75, 3.05) is 6.61 Å². The van der Waals surface area contributed by atoms with Gasteiger partial charge in [0.2, 0.25) is 0 Å². The highest BCUT2D eigenvalue weighted by Crippen LogP contribution is 2.33. The molecule has 0 aromatic heterocycles. The summed E-state index contributed by atoms with van der Waals surface area (Å²) in [4.78, 5) is 0. The Morgan fingerprint density at radius 1 is 1.15 bits per heavy atom. The van der Waals surface area contributed by atoms with Crippen molar-refractivity contribution in [1.29, 1.82) is 0 Å². The van der Waals surface area contributed by atoms with Crippen LogP contribution in [0.25, 0.3) is 11.1 Å². The van der Waals surface area contributed by atoms with Crippen molar-refractivity contribution in [3.63, 3.8) is 0 Å². The van der Waals surface area contributed by atoms with E-state index < -0.39 is 6.43 Å². The Kier molecular flexibility index (Phi) is 4.69.